The Labute approximate surface area is 124 Å². The van der Waals surface area contributed by atoms with Gasteiger partial charge in [-0.3, -0.25) is 4.79 Å². The SMILES string of the molecule is COC(=O)C(CC(C)C)NC(=O)COc1ccc(N)cc1. The Morgan fingerprint density at radius 2 is 1.86 bits per heavy atom. The van der Waals surface area contributed by atoms with E-state index in [2.05, 4.69) is 10.1 Å². The number of benzene rings is 1. The highest BCUT2D eigenvalue weighted by molar-refractivity contribution is 5.85. The quantitative estimate of drug-likeness (QED) is 0.585. The summed E-state index contributed by atoms with van der Waals surface area (Å²) in [4.78, 5) is 23.4. The molecule has 1 atom stereocenters. The average molecular weight is 294 g/mol. The van der Waals surface area contributed by atoms with E-state index in [1.165, 1.54) is 7.11 Å². The molecule has 0 bridgehead atoms. The zero-order valence-corrected chi connectivity index (χ0v) is 12.6. The van der Waals surface area contributed by atoms with Gasteiger partial charge in [-0.05, 0) is 36.6 Å². The summed E-state index contributed by atoms with van der Waals surface area (Å²) >= 11 is 0. The topological polar surface area (TPSA) is 90.6 Å². The number of hydrogen-bond donors (Lipinski definition) is 2. The van der Waals surface area contributed by atoms with Crippen molar-refractivity contribution in [1.82, 2.24) is 5.32 Å². The van der Waals surface area contributed by atoms with Gasteiger partial charge in [-0.2, -0.15) is 0 Å². The maximum atomic E-state index is 11.8. The summed E-state index contributed by atoms with van der Waals surface area (Å²) in [5, 5.41) is 2.62. The number of anilines is 1. The molecule has 0 aliphatic heterocycles. The lowest BCUT2D eigenvalue weighted by atomic mass is 10.0. The average Bonchev–Trinajstić information content (AvgIpc) is 2.44. The molecule has 0 aliphatic carbocycles. The molecule has 0 aliphatic rings. The number of amides is 1. The minimum absolute atomic E-state index is 0.171. The molecule has 0 saturated heterocycles. The standard InChI is InChI=1S/C15H22N2O4/c1-10(2)8-13(15(19)20-3)17-14(18)9-21-12-6-4-11(16)5-7-12/h4-7,10,13H,8-9,16H2,1-3H3,(H,17,18). The molecule has 1 unspecified atom stereocenters. The normalized spacial score (nSPS) is 11.8. The lowest BCUT2D eigenvalue weighted by molar-refractivity contribution is -0.145. The molecule has 1 aromatic rings. The molecular weight excluding hydrogens is 272 g/mol. The molecule has 3 N–H and O–H groups in total. The molecule has 1 rings (SSSR count). The van der Waals surface area contributed by atoms with Crippen LogP contribution in [0.4, 0.5) is 5.69 Å². The number of esters is 1. The fraction of sp³-hybridized carbons (Fsp3) is 0.467. The number of rotatable bonds is 7. The number of carbonyl (C=O) groups excluding carboxylic acids is 2. The number of nitrogens with one attached hydrogen (secondary N) is 1. The van der Waals surface area contributed by atoms with Gasteiger partial charge in [0, 0.05) is 5.69 Å². The van der Waals surface area contributed by atoms with Gasteiger partial charge in [-0.15, -0.1) is 0 Å². The van der Waals surface area contributed by atoms with E-state index in [-0.39, 0.29) is 18.4 Å². The van der Waals surface area contributed by atoms with Crippen LogP contribution in [0.1, 0.15) is 20.3 Å². The Morgan fingerprint density at radius 3 is 2.38 bits per heavy atom. The van der Waals surface area contributed by atoms with Gasteiger partial charge in [0.25, 0.3) is 5.91 Å². The zero-order valence-electron chi connectivity index (χ0n) is 12.6. The number of ether oxygens (including phenoxy) is 2. The Bertz CT molecular complexity index is 471. The van der Waals surface area contributed by atoms with Crippen LogP contribution in [0, 0.1) is 5.92 Å². The van der Waals surface area contributed by atoms with E-state index >= 15 is 0 Å². The first-order valence-corrected chi connectivity index (χ1v) is 6.78. The molecule has 0 aromatic heterocycles. The summed E-state index contributed by atoms with van der Waals surface area (Å²) in [5.41, 5.74) is 6.18. The molecule has 0 fully saturated rings. The maximum Gasteiger partial charge on any atom is 0.328 e. The van der Waals surface area contributed by atoms with E-state index in [9.17, 15) is 9.59 Å². The molecule has 6 heteroatoms. The lowest BCUT2D eigenvalue weighted by Crippen LogP contribution is -2.44. The van der Waals surface area contributed by atoms with Gasteiger partial charge in [0.15, 0.2) is 6.61 Å². The summed E-state index contributed by atoms with van der Waals surface area (Å²) in [6.07, 6.45) is 0.514. The first-order valence-electron chi connectivity index (χ1n) is 6.78. The highest BCUT2D eigenvalue weighted by Gasteiger charge is 2.22. The number of methoxy groups -OCH3 is 1. The highest BCUT2D eigenvalue weighted by atomic mass is 16.5. The van der Waals surface area contributed by atoms with Crippen molar-refractivity contribution in [1.29, 1.82) is 0 Å². The molecule has 116 valence electrons. The van der Waals surface area contributed by atoms with E-state index in [1.54, 1.807) is 24.3 Å². The van der Waals surface area contributed by atoms with E-state index in [0.717, 1.165) is 0 Å². The molecule has 0 saturated carbocycles. The van der Waals surface area contributed by atoms with Crippen molar-refractivity contribution in [3.05, 3.63) is 24.3 Å². The van der Waals surface area contributed by atoms with Crippen LogP contribution in [0.25, 0.3) is 0 Å². The largest absolute Gasteiger partial charge is 0.484 e. The fourth-order valence-corrected chi connectivity index (χ4v) is 1.78. The Kier molecular flexibility index (Phi) is 6.52. The second-order valence-corrected chi connectivity index (χ2v) is 5.13. The van der Waals surface area contributed by atoms with Crippen LogP contribution >= 0.6 is 0 Å². The summed E-state index contributed by atoms with van der Waals surface area (Å²) in [6.45, 7) is 3.76. The van der Waals surface area contributed by atoms with Gasteiger partial charge < -0.3 is 20.5 Å². The lowest BCUT2D eigenvalue weighted by Gasteiger charge is -2.18. The van der Waals surface area contributed by atoms with Crippen molar-refractivity contribution in [2.45, 2.75) is 26.3 Å². The first kappa shape index (κ1) is 16.8. The summed E-state index contributed by atoms with van der Waals surface area (Å²) in [6, 6.07) is 6.06. The van der Waals surface area contributed by atoms with E-state index in [4.69, 9.17) is 10.5 Å². The van der Waals surface area contributed by atoms with Gasteiger partial charge in [-0.25, -0.2) is 4.79 Å². The van der Waals surface area contributed by atoms with Crippen LogP contribution in [-0.4, -0.2) is 31.6 Å². The van der Waals surface area contributed by atoms with Crippen molar-refractivity contribution in [2.75, 3.05) is 19.5 Å². The molecular formula is C15H22N2O4. The monoisotopic (exact) mass is 294 g/mol. The van der Waals surface area contributed by atoms with Crippen LogP contribution < -0.4 is 15.8 Å². The Morgan fingerprint density at radius 1 is 1.24 bits per heavy atom. The van der Waals surface area contributed by atoms with Crippen LogP contribution in [0.15, 0.2) is 24.3 Å². The molecule has 1 amide bonds. The summed E-state index contributed by atoms with van der Waals surface area (Å²) < 4.78 is 10.0. The van der Waals surface area contributed by atoms with Gasteiger partial charge in [0.2, 0.25) is 0 Å². The van der Waals surface area contributed by atoms with Gasteiger partial charge in [0.05, 0.1) is 7.11 Å². The van der Waals surface area contributed by atoms with Crippen molar-refractivity contribution < 1.29 is 19.1 Å². The second-order valence-electron chi connectivity index (χ2n) is 5.13. The van der Waals surface area contributed by atoms with Crippen LogP contribution in [0.3, 0.4) is 0 Å². The summed E-state index contributed by atoms with van der Waals surface area (Å²) in [5.74, 6) is -0.0299. The molecule has 0 spiro atoms. The Balaban J connectivity index is 2.49. The molecule has 6 nitrogen and oxygen atoms in total. The maximum absolute atomic E-state index is 11.8. The van der Waals surface area contributed by atoms with Crippen molar-refractivity contribution in [3.63, 3.8) is 0 Å². The van der Waals surface area contributed by atoms with Crippen LogP contribution in [0.5, 0.6) is 5.75 Å². The van der Waals surface area contributed by atoms with Crippen LogP contribution in [-0.2, 0) is 14.3 Å². The second kappa shape index (κ2) is 8.14. The minimum Gasteiger partial charge on any atom is -0.484 e. The Hall–Kier alpha value is -2.24. The number of nitrogen functional groups attached to an aromatic ring is 1. The number of carbonyl (C=O) groups is 2. The third kappa shape index (κ3) is 6.16. The van der Waals surface area contributed by atoms with E-state index < -0.39 is 12.0 Å². The van der Waals surface area contributed by atoms with Gasteiger partial charge in [-0.1, -0.05) is 13.8 Å². The van der Waals surface area contributed by atoms with Crippen molar-refractivity contribution in [2.24, 2.45) is 5.92 Å². The van der Waals surface area contributed by atoms with Crippen molar-refractivity contribution >= 4 is 17.6 Å². The molecule has 0 radical (unpaired) electrons. The van der Waals surface area contributed by atoms with Crippen molar-refractivity contribution in [3.8, 4) is 5.75 Å². The van der Waals surface area contributed by atoms with E-state index in [0.29, 0.717) is 17.9 Å². The van der Waals surface area contributed by atoms with Gasteiger partial charge in [0.1, 0.15) is 11.8 Å². The zero-order chi connectivity index (χ0) is 15.8. The third-order valence-electron chi connectivity index (χ3n) is 2.78. The van der Waals surface area contributed by atoms with Crippen LogP contribution in [0.2, 0.25) is 0 Å². The molecule has 21 heavy (non-hydrogen) atoms. The predicted molar refractivity (Wildman–Crippen MR) is 79.8 cm³/mol. The molecule has 0 heterocycles. The van der Waals surface area contributed by atoms with E-state index in [1.807, 2.05) is 13.8 Å². The number of nitrogens with two attached hydrogens (primary N) is 1. The number of hydrogen-bond acceptors (Lipinski definition) is 5. The summed E-state index contributed by atoms with van der Waals surface area (Å²) in [7, 11) is 1.30. The third-order valence-corrected chi connectivity index (χ3v) is 2.78. The minimum atomic E-state index is -0.655. The molecule has 1 aromatic carbocycles. The fourth-order valence-electron chi connectivity index (χ4n) is 1.78. The predicted octanol–water partition coefficient (Wildman–Crippen LogP) is 1.35. The first-order chi connectivity index (χ1) is 9.92. The smallest absolute Gasteiger partial charge is 0.328 e. The van der Waals surface area contributed by atoms with Gasteiger partial charge >= 0.3 is 5.97 Å². The highest BCUT2D eigenvalue weighted by Crippen LogP contribution is 2.13.